The highest BCUT2D eigenvalue weighted by molar-refractivity contribution is 6.00. The van der Waals surface area contributed by atoms with Crippen molar-refractivity contribution in [3.05, 3.63) is 60.2 Å². The molecule has 0 spiro atoms. The highest BCUT2D eigenvalue weighted by Gasteiger charge is 2.60. The maximum absolute atomic E-state index is 14.7. The van der Waals surface area contributed by atoms with Crippen molar-refractivity contribution in [3.63, 3.8) is 0 Å². The highest BCUT2D eigenvalue weighted by Crippen LogP contribution is 2.43. The third kappa shape index (κ3) is 9.36. The number of likely N-dealkylation sites (N-methyl/N-ethyl adjacent to an activating group) is 1. The maximum atomic E-state index is 14.7. The van der Waals surface area contributed by atoms with Crippen LogP contribution in [0.15, 0.2) is 54.6 Å². The lowest BCUT2D eigenvalue weighted by atomic mass is 9.73. The molecule has 1 amide bonds. The molecule has 3 aliphatic heterocycles. The number of benzene rings is 2. The van der Waals surface area contributed by atoms with Crippen molar-refractivity contribution in [2.75, 3.05) is 27.7 Å². The number of esters is 1. The summed E-state index contributed by atoms with van der Waals surface area (Å²) in [5, 5.41) is 11.4. The van der Waals surface area contributed by atoms with Gasteiger partial charge in [-0.25, -0.2) is 4.79 Å². The number of rotatable bonds is 10. The number of fused-ring (bicyclic) bond motifs is 1. The third-order valence-corrected chi connectivity index (χ3v) is 13.1. The van der Waals surface area contributed by atoms with E-state index in [1.165, 1.54) is 14.0 Å². The summed E-state index contributed by atoms with van der Waals surface area (Å²) in [6.45, 7) is 14.4. The molecular weight excluding hydrogens is 741 g/mol. The van der Waals surface area contributed by atoms with Crippen molar-refractivity contribution < 1.29 is 48.0 Å². The molecule has 0 unspecified atom stereocenters. The Morgan fingerprint density at radius 3 is 2.14 bits per heavy atom. The zero-order chi connectivity index (χ0) is 42.7. The molecule has 3 fully saturated rings. The van der Waals surface area contributed by atoms with E-state index in [0.29, 0.717) is 25.8 Å². The Hall–Kier alpha value is -3.68. The largest absolute Gasteiger partial charge is 0.458 e. The first kappa shape index (κ1) is 45.4. The number of Topliss-reactive ketones (excluding diaryl/α,β-unsaturated/α-hetero) is 2. The lowest BCUT2D eigenvalue weighted by Gasteiger charge is -2.47. The van der Waals surface area contributed by atoms with E-state index in [1.807, 2.05) is 58.0 Å². The molecule has 12 heteroatoms. The van der Waals surface area contributed by atoms with Crippen LogP contribution in [0.25, 0.3) is 11.1 Å². The summed E-state index contributed by atoms with van der Waals surface area (Å²) in [6, 6.07) is 17.5. The number of aliphatic hydroxyl groups excluding tert-OH is 1. The molecule has 1 N–H and O–H groups in total. The molecule has 2 aromatic rings. The van der Waals surface area contributed by atoms with Gasteiger partial charge in [0.2, 0.25) is 0 Å². The minimum absolute atomic E-state index is 0.137. The van der Waals surface area contributed by atoms with Crippen LogP contribution in [0.2, 0.25) is 0 Å². The summed E-state index contributed by atoms with van der Waals surface area (Å²) < 4.78 is 31.3. The van der Waals surface area contributed by atoms with Crippen LogP contribution in [-0.2, 0) is 44.5 Å². The molecule has 320 valence electrons. The van der Waals surface area contributed by atoms with E-state index in [4.69, 9.17) is 23.7 Å². The van der Waals surface area contributed by atoms with Crippen LogP contribution in [0.1, 0.15) is 86.6 Å². The second-order valence-corrected chi connectivity index (χ2v) is 17.5. The molecule has 0 aliphatic carbocycles. The molecule has 3 saturated heterocycles. The number of aliphatic hydroxyl groups is 1. The zero-order valence-corrected chi connectivity index (χ0v) is 36.3. The number of methoxy groups -OCH3 is 1. The minimum Gasteiger partial charge on any atom is -0.458 e. The number of ketones is 2. The van der Waals surface area contributed by atoms with Gasteiger partial charge in [0.05, 0.1) is 23.9 Å². The quantitative estimate of drug-likeness (QED) is 0.208. The van der Waals surface area contributed by atoms with Gasteiger partial charge in [-0.2, -0.15) is 0 Å². The number of carbonyl (C=O) groups excluding carboxylic acids is 4. The second-order valence-electron chi connectivity index (χ2n) is 17.5. The first-order chi connectivity index (χ1) is 27.4. The predicted molar refractivity (Wildman–Crippen MR) is 220 cm³/mol. The van der Waals surface area contributed by atoms with E-state index in [0.717, 1.165) is 16.7 Å². The molecule has 12 nitrogen and oxygen atoms in total. The molecule has 13 atom stereocenters. The number of cyclic esters (lactones) is 1. The molecule has 0 bridgehead atoms. The lowest BCUT2D eigenvalue weighted by Crippen LogP contribution is -2.60. The summed E-state index contributed by atoms with van der Waals surface area (Å²) in [5.41, 5.74) is 0.705. The van der Waals surface area contributed by atoms with Crippen molar-refractivity contribution in [2.45, 2.75) is 141 Å². The molecule has 5 rings (SSSR count). The number of ether oxygens (including phenoxy) is 5. The van der Waals surface area contributed by atoms with E-state index in [2.05, 4.69) is 36.4 Å². The van der Waals surface area contributed by atoms with Gasteiger partial charge < -0.3 is 38.6 Å². The molecule has 2 aromatic carbocycles. The van der Waals surface area contributed by atoms with Crippen LogP contribution in [0.5, 0.6) is 0 Å². The van der Waals surface area contributed by atoms with Crippen molar-refractivity contribution in [1.29, 1.82) is 0 Å². The van der Waals surface area contributed by atoms with E-state index >= 15 is 0 Å². The summed E-state index contributed by atoms with van der Waals surface area (Å²) in [4.78, 5) is 60.5. The SMILES string of the molecule is CC[C@H]1OC(=O)[C@H](C)C(=O)[C@H](C)[C@@H](O[C@@H]2O[C@H](C)C[C@H](N(C)C)[C@H]2O)[C@](C)(OC)C[C@@H](C)C(=O)[C@H](C)[C@H]2N(CCCc3ccc(-c4ccccc4)cc3)C(=O)O[C@]12C. The Kier molecular flexibility index (Phi) is 14.6. The van der Waals surface area contributed by atoms with Gasteiger partial charge in [0.25, 0.3) is 0 Å². The number of nitrogens with zero attached hydrogens (tertiary/aromatic N) is 2. The molecule has 3 heterocycles. The number of amides is 1. The van der Waals surface area contributed by atoms with E-state index in [-0.39, 0.29) is 30.8 Å². The predicted octanol–water partition coefficient (Wildman–Crippen LogP) is 6.49. The number of aryl methyl sites for hydroxylation is 1. The van der Waals surface area contributed by atoms with Gasteiger partial charge in [-0.15, -0.1) is 0 Å². The van der Waals surface area contributed by atoms with Crippen LogP contribution in [-0.4, -0.2) is 120 Å². The topological polar surface area (TPSA) is 141 Å². The van der Waals surface area contributed by atoms with Gasteiger partial charge in [0.1, 0.15) is 23.9 Å². The zero-order valence-electron chi connectivity index (χ0n) is 36.3. The Balaban J connectivity index is 1.46. The van der Waals surface area contributed by atoms with Crippen molar-refractivity contribution in [2.24, 2.45) is 23.7 Å². The van der Waals surface area contributed by atoms with Gasteiger partial charge in [-0.3, -0.25) is 14.4 Å². The van der Waals surface area contributed by atoms with Gasteiger partial charge >= 0.3 is 12.1 Å². The fraction of sp³-hybridized carbons (Fsp3) is 0.652. The fourth-order valence-electron chi connectivity index (χ4n) is 9.66. The molecule has 3 aliphatic rings. The average molecular weight is 807 g/mol. The summed E-state index contributed by atoms with van der Waals surface area (Å²) >= 11 is 0. The van der Waals surface area contributed by atoms with Crippen LogP contribution in [0.4, 0.5) is 4.79 Å². The first-order valence-corrected chi connectivity index (χ1v) is 21.0. The van der Waals surface area contributed by atoms with Gasteiger partial charge in [-0.1, -0.05) is 82.3 Å². The Morgan fingerprint density at radius 1 is 0.897 bits per heavy atom. The third-order valence-electron chi connectivity index (χ3n) is 13.1. The second kappa shape index (κ2) is 18.7. The van der Waals surface area contributed by atoms with E-state index < -0.39 is 83.4 Å². The molecule has 0 aromatic heterocycles. The van der Waals surface area contributed by atoms with Gasteiger partial charge in [0, 0.05) is 37.5 Å². The highest BCUT2D eigenvalue weighted by atomic mass is 16.7. The van der Waals surface area contributed by atoms with Crippen molar-refractivity contribution >= 4 is 23.6 Å². The van der Waals surface area contributed by atoms with Crippen LogP contribution in [0, 0.1) is 23.7 Å². The van der Waals surface area contributed by atoms with Crippen molar-refractivity contribution in [3.8, 4) is 11.1 Å². The Bertz CT molecular complexity index is 1740. The Labute approximate surface area is 344 Å². The average Bonchev–Trinajstić information content (AvgIpc) is 3.47. The lowest BCUT2D eigenvalue weighted by molar-refractivity contribution is -0.295. The monoisotopic (exact) mass is 806 g/mol. The summed E-state index contributed by atoms with van der Waals surface area (Å²) in [7, 11) is 5.25. The molecule has 0 saturated carbocycles. The summed E-state index contributed by atoms with van der Waals surface area (Å²) in [5.74, 6) is -4.90. The van der Waals surface area contributed by atoms with Gasteiger partial charge in [-0.05, 0) is 90.6 Å². The summed E-state index contributed by atoms with van der Waals surface area (Å²) in [6.07, 6.45) is -2.71. The standard InChI is InChI=1S/C46H66N2O10/c1-12-36-46(8)40(48(44(53)58-46)24-16-17-32-20-22-34(23-21-32)33-18-14-13-15-19-33)29(4)37(49)27(2)26-45(7,54-11)41(30(5)38(50)31(6)42(52)56-36)57-43-39(51)35(47(9)10)25-28(3)55-43/h13-15,18-23,27-31,35-36,39-41,43,51H,12,16-17,24-26H2,1-11H3/t27-,28-,29+,30+,31-,35+,36-,39-,40-,41-,43+,45-,46-/m1/s1. The first-order valence-electron chi connectivity index (χ1n) is 21.0. The van der Waals surface area contributed by atoms with Crippen LogP contribution < -0.4 is 0 Å². The number of hydrogen-bond donors (Lipinski definition) is 1. The fourth-order valence-corrected chi connectivity index (χ4v) is 9.66. The van der Waals surface area contributed by atoms with E-state index in [9.17, 15) is 24.3 Å². The smallest absolute Gasteiger partial charge is 0.410 e. The Morgan fingerprint density at radius 2 is 1.53 bits per heavy atom. The normalized spacial score (nSPS) is 36.6. The maximum Gasteiger partial charge on any atom is 0.410 e. The van der Waals surface area contributed by atoms with Crippen LogP contribution in [0.3, 0.4) is 0 Å². The number of hydrogen-bond acceptors (Lipinski definition) is 11. The van der Waals surface area contributed by atoms with Gasteiger partial charge in [0.15, 0.2) is 17.7 Å². The van der Waals surface area contributed by atoms with Crippen LogP contribution >= 0.6 is 0 Å². The minimum atomic E-state index is -1.39. The van der Waals surface area contributed by atoms with E-state index in [1.54, 1.807) is 32.6 Å². The van der Waals surface area contributed by atoms with Crippen molar-refractivity contribution in [1.82, 2.24) is 9.80 Å². The molecule has 0 radical (unpaired) electrons. The molecular formula is C46H66N2O10. The molecule has 58 heavy (non-hydrogen) atoms. The number of carbonyl (C=O) groups is 4.